The molecule has 0 aliphatic carbocycles. The molecule has 0 unspecified atom stereocenters. The third-order valence-electron chi connectivity index (χ3n) is 3.78. The summed E-state index contributed by atoms with van der Waals surface area (Å²) in [6, 6.07) is 8.53. The summed E-state index contributed by atoms with van der Waals surface area (Å²) >= 11 is 0. The quantitative estimate of drug-likeness (QED) is 0.629. The minimum Gasteiger partial charge on any atom is -0.744 e. The molecule has 4 nitrogen and oxygen atoms in total. The Morgan fingerprint density at radius 3 is 2.50 bits per heavy atom. The minimum absolute atomic E-state index is 0.182. The van der Waals surface area contributed by atoms with Gasteiger partial charge in [-0.25, -0.2) is 8.42 Å². The summed E-state index contributed by atoms with van der Waals surface area (Å²) in [4.78, 5) is -0.182. The molecule has 0 spiro atoms. The van der Waals surface area contributed by atoms with E-state index >= 15 is 0 Å². The summed E-state index contributed by atoms with van der Waals surface area (Å²) in [7, 11) is -4.45. The van der Waals surface area contributed by atoms with Gasteiger partial charge >= 0.3 is 0 Å². The van der Waals surface area contributed by atoms with Crippen molar-refractivity contribution in [3.63, 3.8) is 0 Å². The zero-order valence-corrected chi connectivity index (χ0v) is 14.0. The largest absolute Gasteiger partial charge is 0.744 e. The molecule has 0 amide bonds. The lowest BCUT2D eigenvalue weighted by atomic mass is 10.0. The van der Waals surface area contributed by atoms with Crippen LogP contribution in [0.3, 0.4) is 0 Å². The van der Waals surface area contributed by atoms with Crippen molar-refractivity contribution in [2.45, 2.75) is 45.1 Å². The molecular formula is C17H21NO3S. The molecule has 1 aromatic heterocycles. The molecule has 0 aliphatic rings. The van der Waals surface area contributed by atoms with Gasteiger partial charge in [-0.15, -0.1) is 0 Å². The van der Waals surface area contributed by atoms with Crippen LogP contribution in [0.25, 0.3) is 11.3 Å². The summed E-state index contributed by atoms with van der Waals surface area (Å²) < 4.78 is 36.0. The Kier molecular flexibility index (Phi) is 4.98. The van der Waals surface area contributed by atoms with Crippen LogP contribution in [-0.4, -0.2) is 13.0 Å². The van der Waals surface area contributed by atoms with Gasteiger partial charge in [0.15, 0.2) is 6.20 Å². The van der Waals surface area contributed by atoms with Crippen molar-refractivity contribution >= 4 is 10.1 Å². The predicted octanol–water partition coefficient (Wildman–Crippen LogP) is 2.96. The third kappa shape index (κ3) is 3.54. The van der Waals surface area contributed by atoms with Crippen LogP contribution in [0.1, 0.15) is 30.9 Å². The average Bonchev–Trinajstić information content (AvgIpc) is 2.45. The molecule has 1 heterocycles. The predicted molar refractivity (Wildman–Crippen MR) is 84.4 cm³/mol. The Labute approximate surface area is 132 Å². The van der Waals surface area contributed by atoms with Gasteiger partial charge in [0.05, 0.1) is 10.5 Å². The van der Waals surface area contributed by atoms with E-state index in [1.807, 2.05) is 32.2 Å². The average molecular weight is 319 g/mol. The number of rotatable bonds is 5. The fourth-order valence-electron chi connectivity index (χ4n) is 2.56. The number of benzene rings is 1. The number of hydrogen-bond donors (Lipinski definition) is 0. The molecule has 118 valence electrons. The molecule has 0 saturated heterocycles. The van der Waals surface area contributed by atoms with Gasteiger partial charge in [-0.2, -0.15) is 4.57 Å². The molecule has 0 aliphatic heterocycles. The second-order valence-corrected chi connectivity index (χ2v) is 6.90. The molecule has 2 rings (SSSR count). The Morgan fingerprint density at radius 2 is 1.86 bits per heavy atom. The first-order valence-electron chi connectivity index (χ1n) is 7.40. The zero-order chi connectivity index (χ0) is 16.3. The van der Waals surface area contributed by atoms with Crippen LogP contribution in [0.15, 0.2) is 41.4 Å². The van der Waals surface area contributed by atoms with Crippen molar-refractivity contribution in [2.24, 2.45) is 0 Å². The molecule has 22 heavy (non-hydrogen) atoms. The molecular weight excluding hydrogens is 298 g/mol. The third-order valence-corrected chi connectivity index (χ3v) is 4.61. The van der Waals surface area contributed by atoms with Crippen LogP contribution >= 0.6 is 0 Å². The maximum Gasteiger partial charge on any atom is 0.215 e. The standard InChI is InChI=1S/C17H21NO3S/c1-4-5-10-18-11-6-7-14(3)17(18)16-12-15(22(19,20)21)9-8-13(16)2/h6-9,11-12H,4-5,10H2,1-3H3. The Balaban J connectivity index is 2.65. The smallest absolute Gasteiger partial charge is 0.215 e. The monoisotopic (exact) mass is 319 g/mol. The van der Waals surface area contributed by atoms with Crippen LogP contribution < -0.4 is 4.57 Å². The van der Waals surface area contributed by atoms with Gasteiger partial charge in [0.1, 0.15) is 16.7 Å². The number of aryl methyl sites for hydroxylation is 3. The van der Waals surface area contributed by atoms with Gasteiger partial charge in [-0.05, 0) is 37.6 Å². The molecule has 0 atom stereocenters. The molecule has 2 aromatic rings. The summed E-state index contributed by atoms with van der Waals surface area (Å²) in [5.41, 5.74) is 3.78. The highest BCUT2D eigenvalue weighted by Gasteiger charge is 2.19. The van der Waals surface area contributed by atoms with Crippen molar-refractivity contribution in [1.29, 1.82) is 0 Å². The minimum atomic E-state index is -4.45. The number of pyridine rings is 1. The van der Waals surface area contributed by atoms with Crippen LogP contribution in [0.4, 0.5) is 0 Å². The molecule has 0 radical (unpaired) electrons. The first-order chi connectivity index (χ1) is 10.3. The number of unbranched alkanes of at least 4 members (excludes halogenated alkanes) is 1. The molecule has 0 saturated carbocycles. The lowest BCUT2D eigenvalue weighted by Gasteiger charge is -2.13. The lowest BCUT2D eigenvalue weighted by Crippen LogP contribution is -2.36. The number of hydrogen-bond acceptors (Lipinski definition) is 3. The topological polar surface area (TPSA) is 61.1 Å². The summed E-state index contributed by atoms with van der Waals surface area (Å²) in [6.07, 6.45) is 4.11. The second kappa shape index (κ2) is 6.58. The van der Waals surface area contributed by atoms with Gasteiger partial charge in [0.25, 0.3) is 0 Å². The van der Waals surface area contributed by atoms with Gasteiger partial charge in [0.2, 0.25) is 5.69 Å². The van der Waals surface area contributed by atoms with Gasteiger partial charge < -0.3 is 4.55 Å². The fourth-order valence-corrected chi connectivity index (χ4v) is 3.06. The summed E-state index contributed by atoms with van der Waals surface area (Å²) in [5, 5.41) is 0. The van der Waals surface area contributed by atoms with Crippen molar-refractivity contribution < 1.29 is 17.5 Å². The number of nitrogens with zero attached hydrogens (tertiary/aromatic N) is 1. The zero-order valence-electron chi connectivity index (χ0n) is 13.2. The molecule has 5 heteroatoms. The second-order valence-electron chi connectivity index (χ2n) is 5.52. The summed E-state index contributed by atoms with van der Waals surface area (Å²) in [6.45, 7) is 6.91. The highest BCUT2D eigenvalue weighted by molar-refractivity contribution is 7.85. The van der Waals surface area contributed by atoms with Crippen LogP contribution in [0, 0.1) is 13.8 Å². The normalized spacial score (nSPS) is 11.6. The Morgan fingerprint density at radius 1 is 1.14 bits per heavy atom. The van der Waals surface area contributed by atoms with E-state index < -0.39 is 10.1 Å². The molecule has 1 aromatic carbocycles. The van der Waals surface area contributed by atoms with Crippen molar-refractivity contribution in [3.8, 4) is 11.3 Å². The van der Waals surface area contributed by atoms with Crippen molar-refractivity contribution in [2.75, 3.05) is 0 Å². The van der Waals surface area contributed by atoms with E-state index in [0.29, 0.717) is 0 Å². The van der Waals surface area contributed by atoms with Crippen LogP contribution in [0.2, 0.25) is 0 Å². The van der Waals surface area contributed by atoms with Gasteiger partial charge in [-0.3, -0.25) is 0 Å². The van der Waals surface area contributed by atoms with E-state index in [1.165, 1.54) is 12.1 Å². The lowest BCUT2D eigenvalue weighted by molar-refractivity contribution is -0.687. The maximum atomic E-state index is 11.3. The SMILES string of the molecule is CCCC[n+]1cccc(C)c1-c1cc(S(=O)(=O)[O-])ccc1C. The Bertz CT molecular complexity index is 782. The highest BCUT2D eigenvalue weighted by Crippen LogP contribution is 2.26. The van der Waals surface area contributed by atoms with Crippen LogP contribution in [0.5, 0.6) is 0 Å². The van der Waals surface area contributed by atoms with Crippen LogP contribution in [-0.2, 0) is 16.7 Å². The van der Waals surface area contributed by atoms with E-state index in [2.05, 4.69) is 11.5 Å². The number of aromatic nitrogens is 1. The summed E-state index contributed by atoms with van der Waals surface area (Å²) in [5.74, 6) is 0. The first-order valence-corrected chi connectivity index (χ1v) is 8.81. The van der Waals surface area contributed by atoms with Crippen molar-refractivity contribution in [3.05, 3.63) is 47.7 Å². The van der Waals surface area contributed by atoms with Crippen molar-refractivity contribution in [1.82, 2.24) is 0 Å². The Hall–Kier alpha value is -1.72. The fraction of sp³-hybridized carbons (Fsp3) is 0.353. The van der Waals surface area contributed by atoms with Gasteiger partial charge in [0, 0.05) is 18.1 Å². The molecule has 0 N–H and O–H groups in total. The van der Waals surface area contributed by atoms with Gasteiger partial charge in [-0.1, -0.05) is 19.4 Å². The first kappa shape index (κ1) is 16.6. The van der Waals surface area contributed by atoms with E-state index in [9.17, 15) is 13.0 Å². The van der Waals surface area contributed by atoms with E-state index in [1.54, 1.807) is 6.07 Å². The molecule has 0 bridgehead atoms. The highest BCUT2D eigenvalue weighted by atomic mass is 32.2. The van der Waals surface area contributed by atoms with E-state index in [4.69, 9.17) is 0 Å². The van der Waals surface area contributed by atoms with E-state index in [-0.39, 0.29) is 4.90 Å². The maximum absolute atomic E-state index is 11.3. The molecule has 0 fully saturated rings. The van der Waals surface area contributed by atoms with E-state index in [0.717, 1.165) is 41.8 Å².